The second-order valence-corrected chi connectivity index (χ2v) is 20.5. The number of carbonyl (C=O) groups excluding carboxylic acids is 3. The minimum Gasteiger partial charge on any atom is -0.466 e. The summed E-state index contributed by atoms with van der Waals surface area (Å²) in [5, 5.41) is 0. The third-order valence-corrected chi connectivity index (χ3v) is 14.4. The molecule has 0 aromatic rings. The molecule has 64 heavy (non-hydrogen) atoms. The first-order chi connectivity index (χ1) is 31.3. The third-order valence-electron chi connectivity index (χ3n) is 14.4. The normalized spacial score (nSPS) is 13.7. The lowest BCUT2D eigenvalue weighted by Gasteiger charge is -2.28. The number of nitrogens with zero attached hydrogens (tertiary/aromatic N) is 1. The molecular formula is C57H109NO6. The Hall–Kier alpha value is -1.63. The molecule has 0 atom stereocenters. The van der Waals surface area contributed by atoms with Crippen LogP contribution in [0.15, 0.2) is 0 Å². The summed E-state index contributed by atoms with van der Waals surface area (Å²) < 4.78 is 17.4. The maximum atomic E-state index is 13.0. The second kappa shape index (κ2) is 45.2. The van der Waals surface area contributed by atoms with Crippen molar-refractivity contribution >= 4 is 17.9 Å². The SMILES string of the molecule is CCCCCCCC(CCCCCCC)CCCOC(=O)CCCCCC(CCCCCC(=O)OCCCC(CCCCCCC)CCCCCCC)COC(=O)C1CCN(C)CC1. The topological polar surface area (TPSA) is 82.1 Å². The molecule has 1 heterocycles. The van der Waals surface area contributed by atoms with Gasteiger partial charge >= 0.3 is 17.9 Å². The Morgan fingerprint density at radius 1 is 0.406 bits per heavy atom. The minimum atomic E-state index is -0.0525. The molecule has 1 aliphatic heterocycles. The number of piperidine rings is 1. The van der Waals surface area contributed by atoms with Crippen molar-refractivity contribution in [1.82, 2.24) is 4.90 Å². The van der Waals surface area contributed by atoms with Crippen molar-refractivity contribution in [2.75, 3.05) is 40.0 Å². The van der Waals surface area contributed by atoms with Crippen LogP contribution in [0, 0.1) is 23.7 Å². The molecule has 0 amide bonds. The first kappa shape index (κ1) is 60.4. The predicted molar refractivity (Wildman–Crippen MR) is 272 cm³/mol. The summed E-state index contributed by atoms with van der Waals surface area (Å²) in [7, 11) is 2.12. The lowest BCUT2D eigenvalue weighted by Crippen LogP contribution is -2.34. The quantitative estimate of drug-likeness (QED) is 0.0342. The molecule has 1 saturated heterocycles. The molecule has 7 heteroatoms. The van der Waals surface area contributed by atoms with E-state index in [4.69, 9.17) is 14.2 Å². The molecule has 0 saturated carbocycles. The lowest BCUT2D eigenvalue weighted by molar-refractivity contribution is -0.152. The van der Waals surface area contributed by atoms with Crippen LogP contribution in [0.1, 0.15) is 285 Å². The monoisotopic (exact) mass is 904 g/mol. The molecular weight excluding hydrogens is 795 g/mol. The zero-order chi connectivity index (χ0) is 46.6. The highest BCUT2D eigenvalue weighted by Crippen LogP contribution is 2.26. The highest BCUT2D eigenvalue weighted by molar-refractivity contribution is 5.72. The average Bonchev–Trinajstić information content (AvgIpc) is 3.29. The van der Waals surface area contributed by atoms with Gasteiger partial charge in [0, 0.05) is 12.8 Å². The van der Waals surface area contributed by atoms with Crippen molar-refractivity contribution in [3.05, 3.63) is 0 Å². The Morgan fingerprint density at radius 3 is 1.08 bits per heavy atom. The predicted octanol–water partition coefficient (Wildman–Crippen LogP) is 16.7. The van der Waals surface area contributed by atoms with E-state index in [1.54, 1.807) is 0 Å². The Bertz CT molecular complexity index is 953. The summed E-state index contributed by atoms with van der Waals surface area (Å²) in [5.41, 5.74) is 0. The number of hydrogen-bond donors (Lipinski definition) is 0. The van der Waals surface area contributed by atoms with Crippen LogP contribution >= 0.6 is 0 Å². The van der Waals surface area contributed by atoms with Gasteiger partial charge in [-0.25, -0.2) is 0 Å². The summed E-state index contributed by atoms with van der Waals surface area (Å²) >= 11 is 0. The molecule has 1 aliphatic rings. The van der Waals surface area contributed by atoms with Crippen LogP contribution in [-0.2, 0) is 28.6 Å². The molecule has 0 aliphatic carbocycles. The average molecular weight is 904 g/mol. The minimum absolute atomic E-state index is 0.0165. The molecule has 0 unspecified atom stereocenters. The number of likely N-dealkylation sites (tertiary alicyclic amines) is 1. The summed E-state index contributed by atoms with van der Waals surface area (Å²) in [6, 6.07) is 0. The first-order valence-corrected chi connectivity index (χ1v) is 28.5. The maximum Gasteiger partial charge on any atom is 0.309 e. The van der Waals surface area contributed by atoms with Gasteiger partial charge in [-0.2, -0.15) is 0 Å². The summed E-state index contributed by atoms with van der Waals surface area (Å²) in [5.74, 6) is 1.75. The van der Waals surface area contributed by atoms with E-state index < -0.39 is 0 Å². The van der Waals surface area contributed by atoms with Gasteiger partial charge in [0.15, 0.2) is 0 Å². The molecule has 1 rings (SSSR count). The third kappa shape index (κ3) is 37.5. The number of rotatable bonds is 47. The van der Waals surface area contributed by atoms with E-state index in [1.165, 1.54) is 167 Å². The van der Waals surface area contributed by atoms with Crippen molar-refractivity contribution in [2.45, 2.75) is 285 Å². The highest BCUT2D eigenvalue weighted by atomic mass is 16.5. The molecule has 0 aromatic carbocycles. The Labute approximate surface area is 398 Å². The Kier molecular flexibility index (Phi) is 42.6. The number of carbonyl (C=O) groups is 3. The van der Waals surface area contributed by atoms with Crippen LogP contribution < -0.4 is 0 Å². The van der Waals surface area contributed by atoms with Crippen molar-refractivity contribution in [2.24, 2.45) is 23.7 Å². The lowest BCUT2D eigenvalue weighted by atomic mass is 9.90. The van der Waals surface area contributed by atoms with E-state index in [1.807, 2.05) is 0 Å². The Morgan fingerprint density at radius 2 is 0.719 bits per heavy atom. The molecule has 0 spiro atoms. The fraction of sp³-hybridized carbons (Fsp3) is 0.947. The zero-order valence-electron chi connectivity index (χ0n) is 43.5. The second-order valence-electron chi connectivity index (χ2n) is 20.5. The van der Waals surface area contributed by atoms with E-state index in [-0.39, 0.29) is 23.8 Å². The van der Waals surface area contributed by atoms with Crippen LogP contribution in [0.2, 0.25) is 0 Å². The van der Waals surface area contributed by atoms with E-state index >= 15 is 0 Å². The van der Waals surface area contributed by atoms with Crippen LogP contribution in [0.4, 0.5) is 0 Å². The zero-order valence-corrected chi connectivity index (χ0v) is 43.5. The van der Waals surface area contributed by atoms with Crippen molar-refractivity contribution < 1.29 is 28.6 Å². The number of ether oxygens (including phenoxy) is 3. The van der Waals surface area contributed by atoms with Crippen LogP contribution in [0.25, 0.3) is 0 Å². The van der Waals surface area contributed by atoms with E-state index in [9.17, 15) is 14.4 Å². The van der Waals surface area contributed by atoms with E-state index in [0.717, 1.165) is 102 Å². The number of unbranched alkanes of at least 4 members (excludes halogenated alkanes) is 20. The summed E-state index contributed by atoms with van der Waals surface area (Å²) in [4.78, 5) is 40.5. The van der Waals surface area contributed by atoms with Gasteiger partial charge in [0.05, 0.1) is 25.7 Å². The van der Waals surface area contributed by atoms with E-state index in [0.29, 0.717) is 38.6 Å². The smallest absolute Gasteiger partial charge is 0.309 e. The molecule has 0 radical (unpaired) electrons. The van der Waals surface area contributed by atoms with Crippen LogP contribution in [0.5, 0.6) is 0 Å². The fourth-order valence-corrected chi connectivity index (χ4v) is 9.90. The maximum absolute atomic E-state index is 13.0. The van der Waals surface area contributed by atoms with Gasteiger partial charge in [0.25, 0.3) is 0 Å². The molecule has 1 fully saturated rings. The van der Waals surface area contributed by atoms with E-state index in [2.05, 4.69) is 39.6 Å². The molecule has 378 valence electrons. The van der Waals surface area contributed by atoms with Gasteiger partial charge in [-0.15, -0.1) is 0 Å². The summed E-state index contributed by atoms with van der Waals surface area (Å²) in [6.45, 7) is 12.6. The van der Waals surface area contributed by atoms with Gasteiger partial charge in [-0.1, -0.05) is 207 Å². The standard InChI is InChI=1S/C57H109NO6/c1-6-10-14-18-24-34-51(35-25-19-15-11-7-2)40-32-48-62-55(59)42-30-22-28-38-53(50-64-57(61)54-44-46-58(5)47-45-54)39-29-23-31-43-56(60)63-49-33-41-52(36-26-20-16-12-8-3)37-27-21-17-13-9-4/h51-54H,6-50H2,1-5H3. The number of esters is 3. The van der Waals surface area contributed by atoms with Gasteiger partial charge in [-0.3, -0.25) is 14.4 Å². The van der Waals surface area contributed by atoms with Crippen LogP contribution in [-0.4, -0.2) is 62.8 Å². The van der Waals surface area contributed by atoms with Gasteiger partial charge < -0.3 is 19.1 Å². The van der Waals surface area contributed by atoms with Crippen molar-refractivity contribution in [3.63, 3.8) is 0 Å². The number of hydrogen-bond acceptors (Lipinski definition) is 7. The molecule has 7 nitrogen and oxygen atoms in total. The Balaban J connectivity index is 2.41. The molecule has 0 N–H and O–H groups in total. The first-order valence-electron chi connectivity index (χ1n) is 28.5. The van der Waals surface area contributed by atoms with Crippen molar-refractivity contribution in [1.29, 1.82) is 0 Å². The van der Waals surface area contributed by atoms with Gasteiger partial charge in [0.2, 0.25) is 0 Å². The fourth-order valence-electron chi connectivity index (χ4n) is 9.90. The summed E-state index contributed by atoms with van der Waals surface area (Å²) in [6.07, 6.45) is 46.9. The van der Waals surface area contributed by atoms with Crippen LogP contribution in [0.3, 0.4) is 0 Å². The highest BCUT2D eigenvalue weighted by Gasteiger charge is 2.25. The molecule has 0 bridgehead atoms. The largest absolute Gasteiger partial charge is 0.466 e. The van der Waals surface area contributed by atoms with Crippen molar-refractivity contribution in [3.8, 4) is 0 Å². The van der Waals surface area contributed by atoms with Gasteiger partial charge in [0.1, 0.15) is 0 Å². The molecule has 0 aromatic heterocycles. The van der Waals surface area contributed by atoms with Gasteiger partial charge in [-0.05, 0) is 102 Å².